The number of rotatable bonds is 3. The van der Waals surface area contributed by atoms with Crippen molar-refractivity contribution in [2.45, 2.75) is 5.92 Å². The van der Waals surface area contributed by atoms with E-state index in [1.54, 1.807) is 24.3 Å². The first kappa shape index (κ1) is 11.4. The van der Waals surface area contributed by atoms with Gasteiger partial charge >= 0.3 is 0 Å². The molecule has 0 saturated heterocycles. The molecule has 0 aliphatic carbocycles. The van der Waals surface area contributed by atoms with E-state index in [4.69, 9.17) is 21.3 Å². The Bertz CT molecular complexity index is 569. The van der Waals surface area contributed by atoms with E-state index in [1.165, 1.54) is 12.3 Å². The third-order valence-electron chi connectivity index (χ3n) is 2.41. The molecule has 1 unspecified atom stereocenters. The molecular formula is C13H8ClNO2. The van der Waals surface area contributed by atoms with Crippen LogP contribution in [0.4, 0.5) is 0 Å². The van der Waals surface area contributed by atoms with Crippen LogP contribution in [0.15, 0.2) is 47.1 Å². The van der Waals surface area contributed by atoms with E-state index in [0.717, 1.165) is 0 Å². The highest BCUT2D eigenvalue weighted by atomic mass is 35.5. The van der Waals surface area contributed by atoms with E-state index >= 15 is 0 Å². The highest BCUT2D eigenvalue weighted by Crippen LogP contribution is 2.25. The quantitative estimate of drug-likeness (QED) is 0.779. The van der Waals surface area contributed by atoms with E-state index in [-0.39, 0.29) is 16.6 Å². The van der Waals surface area contributed by atoms with Crippen LogP contribution in [-0.4, -0.2) is 5.78 Å². The summed E-state index contributed by atoms with van der Waals surface area (Å²) in [6, 6.07) is 12.3. The minimum Gasteiger partial charge on any atom is -0.452 e. The first-order chi connectivity index (χ1) is 8.24. The van der Waals surface area contributed by atoms with Crippen LogP contribution in [0.25, 0.3) is 0 Å². The molecule has 0 aliphatic rings. The average Bonchev–Trinajstić information content (AvgIpc) is 2.77. The maximum atomic E-state index is 12.1. The molecule has 0 amide bonds. The maximum absolute atomic E-state index is 12.1. The molecule has 4 heteroatoms. The van der Waals surface area contributed by atoms with Crippen LogP contribution in [0.2, 0.25) is 5.22 Å². The van der Waals surface area contributed by atoms with Gasteiger partial charge in [0.2, 0.25) is 5.22 Å². The third-order valence-corrected chi connectivity index (χ3v) is 2.70. The van der Waals surface area contributed by atoms with Crippen molar-refractivity contribution in [2.75, 3.05) is 0 Å². The molecule has 1 aromatic heterocycles. The molecule has 0 spiro atoms. The summed E-state index contributed by atoms with van der Waals surface area (Å²) in [6.45, 7) is 0. The van der Waals surface area contributed by atoms with Crippen molar-refractivity contribution >= 4 is 17.4 Å². The standard InChI is InChI=1S/C13H8ClNO2/c14-13-10(6-7-17-13)12(16)11(8-15)9-4-2-1-3-5-9/h1-7,11H. The van der Waals surface area contributed by atoms with Gasteiger partial charge in [-0.3, -0.25) is 4.79 Å². The van der Waals surface area contributed by atoms with Crippen molar-refractivity contribution in [3.05, 3.63) is 59.0 Å². The van der Waals surface area contributed by atoms with Crippen molar-refractivity contribution < 1.29 is 9.21 Å². The highest BCUT2D eigenvalue weighted by Gasteiger charge is 2.24. The monoisotopic (exact) mass is 245 g/mol. The van der Waals surface area contributed by atoms with Crippen LogP contribution in [-0.2, 0) is 0 Å². The van der Waals surface area contributed by atoms with E-state index in [1.807, 2.05) is 12.1 Å². The number of carbonyl (C=O) groups excluding carboxylic acids is 1. The second-order valence-corrected chi connectivity index (χ2v) is 3.79. The van der Waals surface area contributed by atoms with Gasteiger partial charge in [-0.2, -0.15) is 5.26 Å². The lowest BCUT2D eigenvalue weighted by atomic mass is 9.93. The smallest absolute Gasteiger partial charge is 0.203 e. The molecule has 0 N–H and O–H groups in total. The first-order valence-corrected chi connectivity index (χ1v) is 5.33. The number of halogens is 1. The zero-order valence-electron chi connectivity index (χ0n) is 8.76. The SMILES string of the molecule is N#CC(C(=O)c1ccoc1Cl)c1ccccc1. The minimum atomic E-state index is -0.855. The van der Waals surface area contributed by atoms with Crippen molar-refractivity contribution in [2.24, 2.45) is 0 Å². The van der Waals surface area contributed by atoms with Crippen molar-refractivity contribution in [3.8, 4) is 6.07 Å². The van der Waals surface area contributed by atoms with Crippen LogP contribution < -0.4 is 0 Å². The van der Waals surface area contributed by atoms with Gasteiger partial charge in [-0.25, -0.2) is 0 Å². The summed E-state index contributed by atoms with van der Waals surface area (Å²) in [5.41, 5.74) is 0.888. The fourth-order valence-corrected chi connectivity index (χ4v) is 1.76. The molecule has 0 saturated carbocycles. The first-order valence-electron chi connectivity index (χ1n) is 4.96. The van der Waals surface area contributed by atoms with Gasteiger partial charge in [-0.1, -0.05) is 30.3 Å². The summed E-state index contributed by atoms with van der Waals surface area (Å²) in [7, 11) is 0. The molecular weight excluding hydrogens is 238 g/mol. The molecule has 1 heterocycles. The number of nitriles is 1. The number of Topliss-reactive ketones (excluding diaryl/α,β-unsaturated/α-hetero) is 1. The van der Waals surface area contributed by atoms with Gasteiger partial charge in [0.15, 0.2) is 5.78 Å². The number of ketones is 1. The van der Waals surface area contributed by atoms with E-state index in [2.05, 4.69) is 0 Å². The lowest BCUT2D eigenvalue weighted by Gasteiger charge is -2.06. The Hall–Kier alpha value is -2.05. The largest absolute Gasteiger partial charge is 0.452 e. The van der Waals surface area contributed by atoms with Crippen LogP contribution in [0.5, 0.6) is 0 Å². The second-order valence-electron chi connectivity index (χ2n) is 3.45. The Morgan fingerprint density at radius 1 is 1.29 bits per heavy atom. The fourth-order valence-electron chi connectivity index (χ4n) is 1.56. The molecule has 84 valence electrons. The molecule has 0 radical (unpaired) electrons. The fraction of sp³-hybridized carbons (Fsp3) is 0.0769. The number of hydrogen-bond donors (Lipinski definition) is 0. The molecule has 17 heavy (non-hydrogen) atoms. The molecule has 1 aromatic carbocycles. The molecule has 0 aliphatic heterocycles. The van der Waals surface area contributed by atoms with Gasteiger partial charge in [0, 0.05) is 0 Å². The van der Waals surface area contributed by atoms with Crippen molar-refractivity contribution in [3.63, 3.8) is 0 Å². The van der Waals surface area contributed by atoms with Crippen LogP contribution >= 0.6 is 11.6 Å². The van der Waals surface area contributed by atoms with Crippen LogP contribution in [0, 0.1) is 11.3 Å². The average molecular weight is 246 g/mol. The zero-order valence-corrected chi connectivity index (χ0v) is 9.52. The van der Waals surface area contributed by atoms with Gasteiger partial charge in [-0.15, -0.1) is 0 Å². The van der Waals surface area contributed by atoms with Gasteiger partial charge in [0.25, 0.3) is 0 Å². The van der Waals surface area contributed by atoms with Crippen molar-refractivity contribution in [1.29, 1.82) is 5.26 Å². The minimum absolute atomic E-state index is 0.0196. The predicted molar refractivity (Wildman–Crippen MR) is 62.8 cm³/mol. The van der Waals surface area contributed by atoms with Gasteiger partial charge in [0.1, 0.15) is 5.92 Å². The summed E-state index contributed by atoms with van der Waals surface area (Å²) >= 11 is 5.73. The number of carbonyl (C=O) groups is 1. The summed E-state index contributed by atoms with van der Waals surface area (Å²) in [5.74, 6) is -1.20. The summed E-state index contributed by atoms with van der Waals surface area (Å²) in [5, 5.41) is 9.11. The molecule has 0 fully saturated rings. The number of furan rings is 1. The van der Waals surface area contributed by atoms with Crippen LogP contribution in [0.3, 0.4) is 0 Å². The van der Waals surface area contributed by atoms with E-state index < -0.39 is 5.92 Å². The van der Waals surface area contributed by atoms with Gasteiger partial charge in [0.05, 0.1) is 17.9 Å². The highest BCUT2D eigenvalue weighted by molar-refractivity contribution is 6.32. The number of nitrogens with zero attached hydrogens (tertiary/aromatic N) is 1. The summed E-state index contributed by atoms with van der Waals surface area (Å²) in [6.07, 6.45) is 1.33. The molecule has 0 bridgehead atoms. The predicted octanol–water partition coefficient (Wildman–Crippen LogP) is 3.42. The lowest BCUT2D eigenvalue weighted by Crippen LogP contribution is -2.10. The van der Waals surface area contributed by atoms with Gasteiger partial charge in [-0.05, 0) is 23.2 Å². The summed E-state index contributed by atoms with van der Waals surface area (Å²) in [4.78, 5) is 12.1. The molecule has 1 atom stereocenters. The topological polar surface area (TPSA) is 54.0 Å². The molecule has 3 nitrogen and oxygen atoms in total. The Morgan fingerprint density at radius 3 is 2.53 bits per heavy atom. The normalized spacial score (nSPS) is 11.8. The third kappa shape index (κ3) is 2.22. The summed E-state index contributed by atoms with van der Waals surface area (Å²) < 4.78 is 4.85. The lowest BCUT2D eigenvalue weighted by molar-refractivity contribution is 0.0978. The second kappa shape index (κ2) is 4.86. The van der Waals surface area contributed by atoms with E-state index in [0.29, 0.717) is 5.56 Å². The van der Waals surface area contributed by atoms with Crippen molar-refractivity contribution in [1.82, 2.24) is 0 Å². The maximum Gasteiger partial charge on any atom is 0.203 e. The Balaban J connectivity index is 2.36. The number of benzene rings is 1. The number of hydrogen-bond acceptors (Lipinski definition) is 3. The Kier molecular flexibility index (Phi) is 3.27. The van der Waals surface area contributed by atoms with Crippen LogP contribution in [0.1, 0.15) is 21.8 Å². The van der Waals surface area contributed by atoms with E-state index in [9.17, 15) is 4.79 Å². The Labute approximate surface area is 103 Å². The molecule has 2 rings (SSSR count). The van der Waals surface area contributed by atoms with Gasteiger partial charge < -0.3 is 4.42 Å². The zero-order chi connectivity index (χ0) is 12.3. The molecule has 2 aromatic rings. The Morgan fingerprint density at radius 2 is 2.00 bits per heavy atom.